The molecule has 0 unspecified atom stereocenters. The van der Waals surface area contributed by atoms with Gasteiger partial charge in [0.25, 0.3) is 0 Å². The Morgan fingerprint density at radius 1 is 1.30 bits per heavy atom. The smallest absolute Gasteiger partial charge is 0.186 e. The Hall–Kier alpha value is -1.46. The van der Waals surface area contributed by atoms with Crippen LogP contribution in [0.25, 0.3) is 0 Å². The Balaban J connectivity index is 2.20. The highest BCUT2D eigenvalue weighted by molar-refractivity contribution is 7.80. The van der Waals surface area contributed by atoms with Crippen LogP contribution < -0.4 is 10.7 Å². The van der Waals surface area contributed by atoms with Crippen LogP contribution in [-0.4, -0.2) is 31.1 Å². The molecule has 0 radical (unpaired) electrons. The van der Waals surface area contributed by atoms with Crippen LogP contribution in [0.1, 0.15) is 31.4 Å². The molecular formula is C15H23N3OS. The standard InChI is InChI=1S/C15H23N3OS/c1-3-13-6-8-14(9-7-13)12-17-18-15(20)16-10-5-11-19-4-2/h6-9,12H,3-5,10-11H2,1-2H3,(H2,16,18,20)/b17-12-. The Morgan fingerprint density at radius 3 is 2.70 bits per heavy atom. The van der Waals surface area contributed by atoms with Crippen molar-refractivity contribution in [2.24, 2.45) is 5.10 Å². The van der Waals surface area contributed by atoms with Crippen LogP contribution in [0.3, 0.4) is 0 Å². The van der Waals surface area contributed by atoms with Gasteiger partial charge in [0.1, 0.15) is 0 Å². The first-order valence-electron chi connectivity index (χ1n) is 6.99. The van der Waals surface area contributed by atoms with Gasteiger partial charge in [-0.3, -0.25) is 5.43 Å². The fraction of sp³-hybridized carbons (Fsp3) is 0.467. The molecule has 0 saturated heterocycles. The second-order valence-corrected chi connectivity index (χ2v) is 4.68. The van der Waals surface area contributed by atoms with E-state index in [2.05, 4.69) is 34.9 Å². The maximum Gasteiger partial charge on any atom is 0.186 e. The number of hydrazone groups is 1. The van der Waals surface area contributed by atoms with E-state index in [1.807, 2.05) is 19.1 Å². The van der Waals surface area contributed by atoms with Crippen molar-refractivity contribution >= 4 is 23.5 Å². The minimum absolute atomic E-state index is 0.530. The number of rotatable bonds is 8. The second-order valence-electron chi connectivity index (χ2n) is 4.27. The number of nitrogens with one attached hydrogen (secondary N) is 2. The molecule has 1 rings (SSSR count). The molecule has 0 heterocycles. The fourth-order valence-corrected chi connectivity index (χ4v) is 1.72. The Kier molecular flexibility index (Phi) is 8.58. The third-order valence-corrected chi connectivity index (χ3v) is 2.96. The number of hydrogen-bond acceptors (Lipinski definition) is 3. The minimum atomic E-state index is 0.530. The number of hydrogen-bond donors (Lipinski definition) is 2. The van der Waals surface area contributed by atoms with E-state index < -0.39 is 0 Å². The Labute approximate surface area is 126 Å². The van der Waals surface area contributed by atoms with Gasteiger partial charge in [-0.1, -0.05) is 31.2 Å². The zero-order valence-electron chi connectivity index (χ0n) is 12.2. The van der Waals surface area contributed by atoms with E-state index in [0.717, 1.165) is 38.2 Å². The van der Waals surface area contributed by atoms with Crippen molar-refractivity contribution in [2.75, 3.05) is 19.8 Å². The molecule has 0 fully saturated rings. The average molecular weight is 293 g/mol. The maximum absolute atomic E-state index is 5.24. The Morgan fingerprint density at radius 2 is 2.05 bits per heavy atom. The van der Waals surface area contributed by atoms with Gasteiger partial charge in [0.15, 0.2) is 5.11 Å². The highest BCUT2D eigenvalue weighted by atomic mass is 32.1. The molecular weight excluding hydrogens is 270 g/mol. The zero-order chi connectivity index (χ0) is 14.6. The predicted molar refractivity (Wildman–Crippen MR) is 88.3 cm³/mol. The van der Waals surface area contributed by atoms with Crippen LogP contribution >= 0.6 is 12.2 Å². The average Bonchev–Trinajstić information content (AvgIpc) is 2.48. The van der Waals surface area contributed by atoms with Crippen molar-refractivity contribution in [3.8, 4) is 0 Å². The molecule has 0 aliphatic rings. The van der Waals surface area contributed by atoms with Gasteiger partial charge >= 0.3 is 0 Å². The summed E-state index contributed by atoms with van der Waals surface area (Å²) in [6.45, 7) is 6.41. The van der Waals surface area contributed by atoms with Gasteiger partial charge in [-0.05, 0) is 43.1 Å². The molecule has 1 aromatic rings. The molecule has 0 bridgehead atoms. The topological polar surface area (TPSA) is 45.6 Å². The minimum Gasteiger partial charge on any atom is -0.382 e. The van der Waals surface area contributed by atoms with E-state index in [4.69, 9.17) is 17.0 Å². The van der Waals surface area contributed by atoms with Crippen LogP contribution in [0, 0.1) is 0 Å². The van der Waals surface area contributed by atoms with Gasteiger partial charge < -0.3 is 10.1 Å². The molecule has 20 heavy (non-hydrogen) atoms. The summed E-state index contributed by atoms with van der Waals surface area (Å²) >= 11 is 5.11. The lowest BCUT2D eigenvalue weighted by atomic mass is 10.1. The molecule has 0 atom stereocenters. The quantitative estimate of drug-likeness (QED) is 0.334. The van der Waals surface area contributed by atoms with Gasteiger partial charge in [-0.15, -0.1) is 0 Å². The van der Waals surface area contributed by atoms with Crippen LogP contribution in [0.2, 0.25) is 0 Å². The summed E-state index contributed by atoms with van der Waals surface area (Å²) in [7, 11) is 0. The summed E-state index contributed by atoms with van der Waals surface area (Å²) < 4.78 is 5.24. The van der Waals surface area contributed by atoms with Crippen molar-refractivity contribution in [1.29, 1.82) is 0 Å². The van der Waals surface area contributed by atoms with Crippen molar-refractivity contribution in [3.05, 3.63) is 35.4 Å². The van der Waals surface area contributed by atoms with E-state index in [0.29, 0.717) is 5.11 Å². The van der Waals surface area contributed by atoms with E-state index in [-0.39, 0.29) is 0 Å². The van der Waals surface area contributed by atoms with Crippen LogP contribution in [0.15, 0.2) is 29.4 Å². The van der Waals surface area contributed by atoms with Crippen molar-refractivity contribution < 1.29 is 4.74 Å². The summed E-state index contributed by atoms with van der Waals surface area (Å²) in [5.41, 5.74) is 5.17. The van der Waals surface area contributed by atoms with Crippen molar-refractivity contribution in [1.82, 2.24) is 10.7 Å². The summed E-state index contributed by atoms with van der Waals surface area (Å²) in [5, 5.41) is 7.71. The zero-order valence-corrected chi connectivity index (χ0v) is 13.0. The summed E-state index contributed by atoms with van der Waals surface area (Å²) in [6.07, 6.45) is 3.73. The normalized spacial score (nSPS) is 10.7. The molecule has 5 heteroatoms. The van der Waals surface area contributed by atoms with E-state index in [1.54, 1.807) is 6.21 Å². The first-order valence-corrected chi connectivity index (χ1v) is 7.40. The summed E-state index contributed by atoms with van der Waals surface area (Å²) in [5.74, 6) is 0. The summed E-state index contributed by atoms with van der Waals surface area (Å²) in [4.78, 5) is 0. The first kappa shape index (κ1) is 16.6. The van der Waals surface area contributed by atoms with Gasteiger partial charge in [0.2, 0.25) is 0 Å². The monoisotopic (exact) mass is 293 g/mol. The molecule has 110 valence electrons. The van der Waals surface area contributed by atoms with Gasteiger partial charge in [-0.2, -0.15) is 5.10 Å². The highest BCUT2D eigenvalue weighted by Gasteiger charge is 1.93. The molecule has 0 aliphatic heterocycles. The summed E-state index contributed by atoms with van der Waals surface area (Å²) in [6, 6.07) is 8.29. The molecule has 4 nitrogen and oxygen atoms in total. The third-order valence-electron chi connectivity index (χ3n) is 2.72. The molecule has 0 saturated carbocycles. The second kappa shape index (κ2) is 10.3. The van der Waals surface area contributed by atoms with E-state index in [9.17, 15) is 0 Å². The van der Waals surface area contributed by atoms with Gasteiger partial charge in [0, 0.05) is 19.8 Å². The number of aryl methyl sites for hydroxylation is 1. The SMILES string of the molecule is CCOCCCNC(=S)N/N=C\c1ccc(CC)cc1. The van der Waals surface area contributed by atoms with Crippen LogP contribution in [0.5, 0.6) is 0 Å². The lowest BCUT2D eigenvalue weighted by molar-refractivity contribution is 0.145. The first-order chi connectivity index (χ1) is 9.76. The lowest BCUT2D eigenvalue weighted by Gasteiger charge is -2.06. The fourth-order valence-electron chi connectivity index (χ4n) is 1.56. The molecule has 0 aliphatic carbocycles. The van der Waals surface area contributed by atoms with Crippen molar-refractivity contribution in [2.45, 2.75) is 26.7 Å². The molecule has 0 spiro atoms. The van der Waals surface area contributed by atoms with Gasteiger partial charge in [-0.25, -0.2) is 0 Å². The van der Waals surface area contributed by atoms with Crippen LogP contribution in [0.4, 0.5) is 0 Å². The number of thiocarbonyl (C=S) groups is 1. The predicted octanol–water partition coefficient (Wildman–Crippen LogP) is 2.47. The number of ether oxygens (including phenoxy) is 1. The maximum atomic E-state index is 5.24. The lowest BCUT2D eigenvalue weighted by Crippen LogP contribution is -2.33. The van der Waals surface area contributed by atoms with Crippen molar-refractivity contribution in [3.63, 3.8) is 0 Å². The highest BCUT2D eigenvalue weighted by Crippen LogP contribution is 2.02. The number of nitrogens with zero attached hydrogens (tertiary/aromatic N) is 1. The van der Waals surface area contributed by atoms with Gasteiger partial charge in [0.05, 0.1) is 6.21 Å². The Bertz CT molecular complexity index is 418. The van der Waals surface area contributed by atoms with E-state index >= 15 is 0 Å². The largest absolute Gasteiger partial charge is 0.382 e. The molecule has 2 N–H and O–H groups in total. The van der Waals surface area contributed by atoms with E-state index in [1.165, 1.54) is 5.56 Å². The third kappa shape index (κ3) is 7.21. The van der Waals surface area contributed by atoms with Crippen LogP contribution in [-0.2, 0) is 11.2 Å². The molecule has 0 aromatic heterocycles. The number of benzene rings is 1. The molecule has 0 amide bonds. The molecule has 1 aromatic carbocycles.